The molecule has 0 saturated carbocycles. The van der Waals surface area contributed by atoms with E-state index in [0.29, 0.717) is 21.7 Å². The number of ether oxygens (including phenoxy) is 1. The lowest BCUT2D eigenvalue weighted by Gasteiger charge is -2.07. The number of halogens is 2. The molecule has 0 radical (unpaired) electrons. The fourth-order valence-corrected chi connectivity index (χ4v) is 2.06. The molecule has 5 heteroatoms. The molecule has 1 aromatic heterocycles. The van der Waals surface area contributed by atoms with Gasteiger partial charge >= 0.3 is 0 Å². The molecule has 2 rings (SSSR count). The van der Waals surface area contributed by atoms with Crippen LogP contribution in [-0.2, 0) is 6.54 Å². The van der Waals surface area contributed by atoms with Gasteiger partial charge in [0, 0.05) is 28.9 Å². The van der Waals surface area contributed by atoms with Crippen LogP contribution in [0.15, 0.2) is 36.5 Å². The van der Waals surface area contributed by atoms with E-state index in [0.717, 1.165) is 18.7 Å². The quantitative estimate of drug-likeness (QED) is 0.894. The minimum atomic E-state index is 0.513. The van der Waals surface area contributed by atoms with Gasteiger partial charge in [0.05, 0.1) is 0 Å². The summed E-state index contributed by atoms with van der Waals surface area (Å²) in [5.41, 5.74) is 1.11. The summed E-state index contributed by atoms with van der Waals surface area (Å²) in [6.07, 6.45) is 1.78. The third-order valence-corrected chi connectivity index (χ3v) is 2.87. The minimum absolute atomic E-state index is 0.513. The zero-order valence-electron chi connectivity index (χ0n) is 10.5. The van der Waals surface area contributed by atoms with Gasteiger partial charge in [-0.05, 0) is 30.3 Å². The monoisotopic (exact) mass is 296 g/mol. The van der Waals surface area contributed by atoms with E-state index < -0.39 is 0 Å². The Bertz CT molecular complexity index is 523. The standard InChI is InChI=1S/C14H14Cl2N2O/c1-2-17-8-10-3-4-14(18-9-10)19-13-6-11(15)5-12(16)7-13/h3-7,9,17H,2,8H2,1H3. The molecule has 0 aliphatic rings. The molecule has 100 valence electrons. The first-order chi connectivity index (χ1) is 9.17. The van der Waals surface area contributed by atoms with Crippen LogP contribution >= 0.6 is 23.2 Å². The summed E-state index contributed by atoms with van der Waals surface area (Å²) in [6.45, 7) is 3.79. The van der Waals surface area contributed by atoms with Gasteiger partial charge in [0.1, 0.15) is 5.75 Å². The first-order valence-electron chi connectivity index (χ1n) is 5.97. The van der Waals surface area contributed by atoms with E-state index >= 15 is 0 Å². The Hall–Kier alpha value is -1.29. The zero-order valence-corrected chi connectivity index (χ0v) is 12.0. The van der Waals surface area contributed by atoms with Crippen molar-refractivity contribution in [1.82, 2.24) is 10.3 Å². The molecule has 0 aliphatic carbocycles. The van der Waals surface area contributed by atoms with Gasteiger partial charge in [-0.1, -0.05) is 36.2 Å². The molecule has 0 saturated heterocycles. The van der Waals surface area contributed by atoms with Crippen LogP contribution in [0.3, 0.4) is 0 Å². The van der Waals surface area contributed by atoms with E-state index in [-0.39, 0.29) is 0 Å². The van der Waals surface area contributed by atoms with E-state index in [1.54, 1.807) is 24.4 Å². The number of nitrogens with one attached hydrogen (secondary N) is 1. The molecule has 1 aromatic carbocycles. The van der Waals surface area contributed by atoms with Gasteiger partial charge in [0.15, 0.2) is 0 Å². The highest BCUT2D eigenvalue weighted by atomic mass is 35.5. The van der Waals surface area contributed by atoms with E-state index in [1.807, 2.05) is 12.1 Å². The lowest BCUT2D eigenvalue weighted by molar-refractivity contribution is 0.462. The molecular weight excluding hydrogens is 283 g/mol. The number of hydrogen-bond donors (Lipinski definition) is 1. The molecule has 19 heavy (non-hydrogen) atoms. The fourth-order valence-electron chi connectivity index (χ4n) is 1.55. The summed E-state index contributed by atoms with van der Waals surface area (Å²) in [5, 5.41) is 4.30. The maximum Gasteiger partial charge on any atom is 0.219 e. The summed E-state index contributed by atoms with van der Waals surface area (Å²) in [7, 11) is 0. The largest absolute Gasteiger partial charge is 0.439 e. The summed E-state index contributed by atoms with van der Waals surface area (Å²) in [4.78, 5) is 4.24. The predicted octanol–water partition coefficient (Wildman–Crippen LogP) is 4.29. The zero-order chi connectivity index (χ0) is 13.7. The van der Waals surface area contributed by atoms with Gasteiger partial charge < -0.3 is 10.1 Å². The number of aromatic nitrogens is 1. The van der Waals surface area contributed by atoms with E-state index in [4.69, 9.17) is 27.9 Å². The van der Waals surface area contributed by atoms with Gasteiger partial charge in [-0.2, -0.15) is 0 Å². The molecule has 0 bridgehead atoms. The highest BCUT2D eigenvalue weighted by molar-refractivity contribution is 6.34. The molecular formula is C14H14Cl2N2O. The van der Waals surface area contributed by atoms with E-state index in [9.17, 15) is 0 Å². The molecule has 1 N–H and O–H groups in total. The second-order valence-corrected chi connectivity index (χ2v) is 4.87. The molecule has 0 atom stereocenters. The Morgan fingerprint density at radius 1 is 1.16 bits per heavy atom. The average Bonchev–Trinajstić information content (AvgIpc) is 2.37. The van der Waals surface area contributed by atoms with Crippen molar-refractivity contribution in [1.29, 1.82) is 0 Å². The normalized spacial score (nSPS) is 10.5. The molecule has 3 nitrogen and oxygen atoms in total. The van der Waals surface area contributed by atoms with Crippen molar-refractivity contribution in [2.75, 3.05) is 6.54 Å². The van der Waals surface area contributed by atoms with Crippen molar-refractivity contribution in [2.45, 2.75) is 13.5 Å². The highest BCUT2D eigenvalue weighted by Crippen LogP contribution is 2.27. The summed E-state index contributed by atoms with van der Waals surface area (Å²) < 4.78 is 5.60. The van der Waals surface area contributed by atoms with Crippen LogP contribution in [0.5, 0.6) is 11.6 Å². The molecule has 0 fully saturated rings. The molecule has 0 spiro atoms. The highest BCUT2D eigenvalue weighted by Gasteiger charge is 2.02. The number of benzene rings is 1. The molecule has 0 aliphatic heterocycles. The Labute approximate surface area is 122 Å². The average molecular weight is 297 g/mol. The SMILES string of the molecule is CCNCc1ccc(Oc2cc(Cl)cc(Cl)c2)nc1. The Kier molecular flexibility index (Phi) is 5.02. The van der Waals surface area contributed by atoms with Gasteiger partial charge in [-0.3, -0.25) is 0 Å². The van der Waals surface area contributed by atoms with Crippen LogP contribution < -0.4 is 10.1 Å². The lowest BCUT2D eigenvalue weighted by Crippen LogP contribution is -2.11. The number of rotatable bonds is 5. The van der Waals surface area contributed by atoms with Crippen molar-refractivity contribution in [3.05, 3.63) is 52.1 Å². The van der Waals surface area contributed by atoms with E-state index in [1.165, 1.54) is 0 Å². The number of pyridine rings is 1. The van der Waals surface area contributed by atoms with Crippen molar-refractivity contribution >= 4 is 23.2 Å². The Morgan fingerprint density at radius 3 is 2.47 bits per heavy atom. The molecule has 0 amide bonds. The minimum Gasteiger partial charge on any atom is -0.439 e. The maximum absolute atomic E-state index is 5.91. The lowest BCUT2D eigenvalue weighted by atomic mass is 10.3. The van der Waals surface area contributed by atoms with Crippen LogP contribution in [0.1, 0.15) is 12.5 Å². The smallest absolute Gasteiger partial charge is 0.219 e. The van der Waals surface area contributed by atoms with Crippen LogP contribution in [0.25, 0.3) is 0 Å². The van der Waals surface area contributed by atoms with Crippen molar-refractivity contribution in [2.24, 2.45) is 0 Å². The summed E-state index contributed by atoms with van der Waals surface area (Å²) in [5.74, 6) is 1.09. The van der Waals surface area contributed by atoms with Crippen molar-refractivity contribution in [3.8, 4) is 11.6 Å². The van der Waals surface area contributed by atoms with Gasteiger partial charge in [0.25, 0.3) is 0 Å². The second kappa shape index (κ2) is 6.75. The molecule has 2 aromatic rings. The fraction of sp³-hybridized carbons (Fsp3) is 0.214. The topological polar surface area (TPSA) is 34.1 Å². The van der Waals surface area contributed by atoms with Gasteiger partial charge in [-0.15, -0.1) is 0 Å². The number of nitrogens with zero attached hydrogens (tertiary/aromatic N) is 1. The number of hydrogen-bond acceptors (Lipinski definition) is 3. The van der Waals surface area contributed by atoms with Crippen molar-refractivity contribution in [3.63, 3.8) is 0 Å². The van der Waals surface area contributed by atoms with Crippen LogP contribution in [0, 0.1) is 0 Å². The third kappa shape index (κ3) is 4.39. The first kappa shape index (κ1) is 14.1. The summed E-state index contributed by atoms with van der Waals surface area (Å²) >= 11 is 11.8. The van der Waals surface area contributed by atoms with Gasteiger partial charge in [-0.25, -0.2) is 4.98 Å². The van der Waals surface area contributed by atoms with E-state index in [2.05, 4.69) is 17.2 Å². The van der Waals surface area contributed by atoms with Crippen molar-refractivity contribution < 1.29 is 4.74 Å². The first-order valence-corrected chi connectivity index (χ1v) is 6.72. The second-order valence-electron chi connectivity index (χ2n) is 3.99. The molecule has 0 unspecified atom stereocenters. The Morgan fingerprint density at radius 2 is 1.89 bits per heavy atom. The third-order valence-electron chi connectivity index (χ3n) is 2.44. The predicted molar refractivity (Wildman–Crippen MR) is 78.2 cm³/mol. The van der Waals surface area contributed by atoms with Crippen LogP contribution in [-0.4, -0.2) is 11.5 Å². The summed E-state index contributed by atoms with van der Waals surface area (Å²) in [6, 6.07) is 8.84. The van der Waals surface area contributed by atoms with Gasteiger partial charge in [0.2, 0.25) is 5.88 Å². The van der Waals surface area contributed by atoms with Crippen LogP contribution in [0.2, 0.25) is 10.0 Å². The Balaban J connectivity index is 2.06. The van der Waals surface area contributed by atoms with Crippen LogP contribution in [0.4, 0.5) is 0 Å². The maximum atomic E-state index is 5.91. The molecule has 1 heterocycles.